The fourth-order valence-corrected chi connectivity index (χ4v) is 3.97. The number of fused-ring (bicyclic) bond motifs is 1. The van der Waals surface area contributed by atoms with E-state index >= 15 is 0 Å². The molecule has 3 heteroatoms. The summed E-state index contributed by atoms with van der Waals surface area (Å²) >= 11 is 0. The van der Waals surface area contributed by atoms with E-state index in [1.54, 1.807) is 0 Å². The van der Waals surface area contributed by atoms with Crippen LogP contribution in [0.3, 0.4) is 0 Å². The van der Waals surface area contributed by atoms with Crippen LogP contribution in [0.1, 0.15) is 32.1 Å². The Balaban J connectivity index is 1.76. The number of aliphatic hydroxyl groups excluding tert-OH is 1. The van der Waals surface area contributed by atoms with Crippen molar-refractivity contribution in [3.63, 3.8) is 0 Å². The highest BCUT2D eigenvalue weighted by atomic mass is 16.7. The molecule has 3 aliphatic rings. The average Bonchev–Trinajstić information content (AvgIpc) is 2.73. The molecule has 2 aliphatic carbocycles. The third-order valence-corrected chi connectivity index (χ3v) is 4.82. The molecule has 2 bridgehead atoms. The first-order chi connectivity index (χ1) is 8.79. The Labute approximate surface area is 107 Å². The maximum Gasteiger partial charge on any atom is 0.259 e. The minimum absolute atomic E-state index is 0.123. The van der Waals surface area contributed by atoms with Crippen LogP contribution in [-0.4, -0.2) is 17.0 Å². The van der Waals surface area contributed by atoms with Gasteiger partial charge in [-0.2, -0.15) is 0 Å². The monoisotopic (exact) mass is 246 g/mol. The number of para-hydroxylation sites is 2. The van der Waals surface area contributed by atoms with E-state index in [9.17, 15) is 5.11 Å². The topological polar surface area (TPSA) is 38.7 Å². The quantitative estimate of drug-likeness (QED) is 0.765. The summed E-state index contributed by atoms with van der Waals surface area (Å²) in [5.74, 6) is 1.64. The Morgan fingerprint density at radius 3 is 2.44 bits per heavy atom. The summed E-state index contributed by atoms with van der Waals surface area (Å²) in [5.41, 5.74) is 0. The summed E-state index contributed by atoms with van der Waals surface area (Å²) in [4.78, 5) is 0. The van der Waals surface area contributed by atoms with Crippen LogP contribution in [0.25, 0.3) is 0 Å². The fraction of sp³-hybridized carbons (Fsp3) is 0.600. The van der Waals surface area contributed by atoms with Crippen molar-refractivity contribution in [2.24, 2.45) is 11.8 Å². The van der Waals surface area contributed by atoms with Crippen LogP contribution in [0.15, 0.2) is 24.3 Å². The molecule has 1 aliphatic heterocycles. The van der Waals surface area contributed by atoms with Gasteiger partial charge in [0.15, 0.2) is 11.5 Å². The molecular formula is C15H18O3. The lowest BCUT2D eigenvalue weighted by molar-refractivity contribution is -0.232. The van der Waals surface area contributed by atoms with Crippen LogP contribution in [0.4, 0.5) is 0 Å². The van der Waals surface area contributed by atoms with Crippen LogP contribution < -0.4 is 9.47 Å². The zero-order valence-corrected chi connectivity index (χ0v) is 10.3. The van der Waals surface area contributed by atoms with Crippen molar-refractivity contribution in [1.82, 2.24) is 0 Å². The minimum atomic E-state index is -0.584. The highest BCUT2D eigenvalue weighted by Gasteiger charge is 2.60. The van der Waals surface area contributed by atoms with Gasteiger partial charge in [-0.25, -0.2) is 0 Å². The highest BCUT2D eigenvalue weighted by molar-refractivity contribution is 5.43. The van der Waals surface area contributed by atoms with E-state index in [4.69, 9.17) is 9.47 Å². The molecule has 2 saturated carbocycles. The Kier molecular flexibility index (Phi) is 2.16. The molecule has 1 N–H and O–H groups in total. The zero-order chi connectivity index (χ0) is 12.2. The van der Waals surface area contributed by atoms with Gasteiger partial charge >= 0.3 is 0 Å². The number of hydrogen-bond donors (Lipinski definition) is 1. The van der Waals surface area contributed by atoms with Gasteiger partial charge in [0.2, 0.25) is 0 Å². The highest BCUT2D eigenvalue weighted by Crippen LogP contribution is 2.55. The third-order valence-electron chi connectivity index (χ3n) is 4.82. The van der Waals surface area contributed by atoms with Crippen molar-refractivity contribution < 1.29 is 14.6 Å². The van der Waals surface area contributed by atoms with Crippen LogP contribution >= 0.6 is 0 Å². The van der Waals surface area contributed by atoms with E-state index < -0.39 is 5.79 Å². The van der Waals surface area contributed by atoms with E-state index in [2.05, 4.69) is 0 Å². The number of ether oxygens (including phenoxy) is 2. The predicted octanol–water partition coefficient (Wildman–Crippen LogP) is 2.73. The van der Waals surface area contributed by atoms with Gasteiger partial charge < -0.3 is 14.6 Å². The molecule has 3 nitrogen and oxygen atoms in total. The molecule has 1 heterocycles. The first-order valence-corrected chi connectivity index (χ1v) is 6.95. The van der Waals surface area contributed by atoms with E-state index in [0.29, 0.717) is 5.92 Å². The van der Waals surface area contributed by atoms with Gasteiger partial charge in [-0.15, -0.1) is 0 Å². The molecule has 4 rings (SSSR count). The summed E-state index contributed by atoms with van der Waals surface area (Å²) in [6.07, 6.45) is 4.95. The lowest BCUT2D eigenvalue weighted by Gasteiger charge is -2.50. The van der Waals surface area contributed by atoms with Crippen molar-refractivity contribution >= 4 is 0 Å². The average molecular weight is 246 g/mol. The van der Waals surface area contributed by atoms with Crippen LogP contribution in [0.5, 0.6) is 11.5 Å². The molecule has 96 valence electrons. The van der Waals surface area contributed by atoms with Crippen LogP contribution in [0.2, 0.25) is 0 Å². The zero-order valence-electron chi connectivity index (χ0n) is 10.3. The second-order valence-corrected chi connectivity index (χ2v) is 5.75. The Hall–Kier alpha value is -1.22. The van der Waals surface area contributed by atoms with E-state index in [0.717, 1.165) is 37.2 Å². The molecule has 0 saturated heterocycles. The van der Waals surface area contributed by atoms with Crippen molar-refractivity contribution in [2.45, 2.75) is 44.0 Å². The van der Waals surface area contributed by atoms with Gasteiger partial charge in [0, 0.05) is 5.92 Å². The predicted molar refractivity (Wildman–Crippen MR) is 66.5 cm³/mol. The normalized spacial score (nSPS) is 35.7. The SMILES string of the molecule is O[C@@H]1CC[C@@H]2CCC[C@H]1C21Oc2ccccc2O1. The maximum atomic E-state index is 10.3. The number of hydrogen-bond acceptors (Lipinski definition) is 3. The molecule has 1 aromatic rings. The first kappa shape index (κ1) is 10.7. The second-order valence-electron chi connectivity index (χ2n) is 5.75. The Morgan fingerprint density at radius 2 is 1.72 bits per heavy atom. The summed E-state index contributed by atoms with van der Waals surface area (Å²) in [6, 6.07) is 7.86. The molecule has 3 atom stereocenters. The van der Waals surface area contributed by atoms with Gasteiger partial charge in [0.25, 0.3) is 5.79 Å². The molecule has 0 radical (unpaired) electrons. The van der Waals surface area contributed by atoms with Crippen molar-refractivity contribution in [3.8, 4) is 11.5 Å². The van der Waals surface area contributed by atoms with Crippen molar-refractivity contribution in [2.75, 3.05) is 0 Å². The minimum Gasteiger partial charge on any atom is -0.448 e. The maximum absolute atomic E-state index is 10.3. The molecule has 18 heavy (non-hydrogen) atoms. The molecule has 0 amide bonds. The van der Waals surface area contributed by atoms with Crippen LogP contribution in [-0.2, 0) is 0 Å². The summed E-state index contributed by atoms with van der Waals surface area (Å²) in [5, 5.41) is 10.3. The van der Waals surface area contributed by atoms with Crippen molar-refractivity contribution in [3.05, 3.63) is 24.3 Å². The van der Waals surface area contributed by atoms with Gasteiger partial charge in [-0.3, -0.25) is 0 Å². The smallest absolute Gasteiger partial charge is 0.259 e. The largest absolute Gasteiger partial charge is 0.448 e. The second kappa shape index (κ2) is 3.64. The number of rotatable bonds is 0. The van der Waals surface area contributed by atoms with Gasteiger partial charge in [0.05, 0.1) is 12.0 Å². The summed E-state index contributed by atoms with van der Waals surface area (Å²) < 4.78 is 12.4. The van der Waals surface area contributed by atoms with Crippen molar-refractivity contribution in [1.29, 1.82) is 0 Å². The lowest BCUT2D eigenvalue weighted by Crippen LogP contribution is -2.61. The number of aliphatic hydroxyl groups is 1. The van der Waals surface area contributed by atoms with E-state index in [1.165, 1.54) is 6.42 Å². The lowest BCUT2D eigenvalue weighted by atomic mass is 9.66. The van der Waals surface area contributed by atoms with Gasteiger partial charge in [-0.1, -0.05) is 18.6 Å². The standard InChI is InChI=1S/C15H18O3/c16-12-9-8-10-4-3-5-11(12)15(10)17-13-6-1-2-7-14(13)18-15/h1-2,6-7,10-12,16H,3-5,8-9H2/t10-,11+,12+/m0/s1. The van der Waals surface area contributed by atoms with Crippen LogP contribution in [0, 0.1) is 11.8 Å². The first-order valence-electron chi connectivity index (χ1n) is 6.95. The third kappa shape index (κ3) is 1.28. The molecule has 1 spiro atoms. The van der Waals surface area contributed by atoms with E-state index in [1.807, 2.05) is 24.3 Å². The number of benzene rings is 1. The summed E-state index contributed by atoms with van der Waals surface area (Å²) in [7, 11) is 0. The Morgan fingerprint density at radius 1 is 1.00 bits per heavy atom. The molecule has 0 unspecified atom stereocenters. The molecule has 2 fully saturated rings. The molecule has 0 aromatic heterocycles. The Bertz CT molecular complexity index is 446. The fourth-order valence-electron chi connectivity index (χ4n) is 3.97. The molecule has 1 aromatic carbocycles. The van der Waals surface area contributed by atoms with E-state index in [-0.39, 0.29) is 12.0 Å². The molecular weight excluding hydrogens is 228 g/mol. The van der Waals surface area contributed by atoms with Gasteiger partial charge in [-0.05, 0) is 37.8 Å². The summed E-state index contributed by atoms with van der Waals surface area (Å²) in [6.45, 7) is 0. The van der Waals surface area contributed by atoms with Gasteiger partial charge in [0.1, 0.15) is 0 Å².